The predicted molar refractivity (Wildman–Crippen MR) is 97.2 cm³/mol. The molecule has 4 heteroatoms. The number of ketones is 1. The smallest absolute Gasteiger partial charge is 0.229 e. The molecule has 0 aliphatic heterocycles. The van der Waals surface area contributed by atoms with Crippen molar-refractivity contribution >= 4 is 17.4 Å². The molecule has 4 nitrogen and oxygen atoms in total. The van der Waals surface area contributed by atoms with Crippen LogP contribution < -0.4 is 11.1 Å². The number of hydrogen-bond donors (Lipinski definition) is 2. The minimum Gasteiger partial charge on any atom is -0.327 e. The molecule has 0 spiro atoms. The van der Waals surface area contributed by atoms with E-state index in [1.165, 1.54) is 0 Å². The van der Waals surface area contributed by atoms with Crippen LogP contribution in [0.15, 0.2) is 54.6 Å². The second-order valence-electron chi connectivity index (χ2n) is 7.20. The molecule has 0 aromatic heterocycles. The number of benzene rings is 2. The van der Waals surface area contributed by atoms with Crippen LogP contribution in [-0.4, -0.2) is 17.7 Å². The van der Waals surface area contributed by atoms with E-state index in [0.717, 1.165) is 19.3 Å². The van der Waals surface area contributed by atoms with Gasteiger partial charge < -0.3 is 11.1 Å². The predicted octanol–water partition coefficient (Wildman–Crippen LogP) is 3.23. The van der Waals surface area contributed by atoms with Crippen molar-refractivity contribution in [1.82, 2.24) is 0 Å². The van der Waals surface area contributed by atoms with Gasteiger partial charge >= 0.3 is 0 Å². The van der Waals surface area contributed by atoms with Crippen LogP contribution in [0.5, 0.6) is 0 Å². The zero-order chi connectivity index (χ0) is 17.4. The van der Waals surface area contributed by atoms with Crippen LogP contribution in [0.1, 0.15) is 35.2 Å². The number of carbonyl (C=O) groups excluding carboxylic acids is 2. The molecule has 0 radical (unpaired) electrons. The Labute approximate surface area is 147 Å². The van der Waals surface area contributed by atoms with E-state index in [9.17, 15) is 9.59 Å². The van der Waals surface area contributed by atoms with E-state index in [4.69, 9.17) is 5.73 Å². The molecule has 0 heterocycles. The maximum absolute atomic E-state index is 12.7. The van der Waals surface area contributed by atoms with Crippen molar-refractivity contribution in [2.75, 3.05) is 5.32 Å². The van der Waals surface area contributed by atoms with Gasteiger partial charge in [0.1, 0.15) is 0 Å². The molecule has 128 valence electrons. The summed E-state index contributed by atoms with van der Waals surface area (Å²) in [5.41, 5.74) is 8.12. The number of carbonyl (C=O) groups is 2. The fourth-order valence-electron chi connectivity index (χ4n) is 4.44. The number of rotatable bonds is 4. The summed E-state index contributed by atoms with van der Waals surface area (Å²) < 4.78 is 0. The molecule has 2 aliphatic rings. The highest BCUT2D eigenvalue weighted by Gasteiger charge is 2.49. The van der Waals surface area contributed by atoms with Gasteiger partial charge in [-0.2, -0.15) is 0 Å². The Hall–Kier alpha value is -2.46. The van der Waals surface area contributed by atoms with Crippen molar-refractivity contribution in [3.63, 3.8) is 0 Å². The van der Waals surface area contributed by atoms with E-state index in [-0.39, 0.29) is 23.7 Å². The van der Waals surface area contributed by atoms with Crippen molar-refractivity contribution in [3.05, 3.63) is 65.7 Å². The van der Waals surface area contributed by atoms with Crippen LogP contribution in [-0.2, 0) is 4.79 Å². The van der Waals surface area contributed by atoms with E-state index in [1.54, 1.807) is 30.3 Å². The summed E-state index contributed by atoms with van der Waals surface area (Å²) in [4.78, 5) is 25.3. The topological polar surface area (TPSA) is 72.2 Å². The van der Waals surface area contributed by atoms with Crippen LogP contribution in [0.25, 0.3) is 0 Å². The molecule has 4 rings (SSSR count). The van der Waals surface area contributed by atoms with Crippen molar-refractivity contribution in [3.8, 4) is 0 Å². The lowest BCUT2D eigenvalue weighted by atomic mass is 9.84. The van der Waals surface area contributed by atoms with Crippen molar-refractivity contribution in [2.45, 2.75) is 25.3 Å². The first-order valence-corrected chi connectivity index (χ1v) is 8.90. The van der Waals surface area contributed by atoms with Gasteiger partial charge in [0, 0.05) is 22.9 Å². The molecule has 4 unspecified atom stereocenters. The zero-order valence-corrected chi connectivity index (χ0v) is 14.0. The minimum atomic E-state index is -0.104. The average Bonchev–Trinajstić information content (AvgIpc) is 3.23. The molecule has 0 saturated heterocycles. The summed E-state index contributed by atoms with van der Waals surface area (Å²) in [6.07, 6.45) is 3.32. The molecule has 1 amide bonds. The summed E-state index contributed by atoms with van der Waals surface area (Å²) in [6, 6.07) is 16.2. The van der Waals surface area contributed by atoms with E-state index >= 15 is 0 Å². The Bertz CT molecular complexity index is 801. The fraction of sp³-hybridized carbons (Fsp3) is 0.333. The third kappa shape index (κ3) is 2.98. The molecular weight excluding hydrogens is 312 g/mol. The van der Waals surface area contributed by atoms with Gasteiger partial charge in [0.2, 0.25) is 5.91 Å². The molecule has 4 atom stereocenters. The highest BCUT2D eigenvalue weighted by Crippen LogP contribution is 2.47. The van der Waals surface area contributed by atoms with E-state index < -0.39 is 0 Å². The summed E-state index contributed by atoms with van der Waals surface area (Å²) in [7, 11) is 0. The SMILES string of the molecule is NC1C2CCC(C2)C1C(=O)Nc1cccc(C(=O)c2ccccc2)c1. The standard InChI is InChI=1S/C21H22N2O2/c22-19-15-10-9-14(11-15)18(19)21(25)23-17-8-4-7-16(12-17)20(24)13-5-2-1-3-6-13/h1-8,12,14-15,18-19H,9-11,22H2,(H,23,25). The number of hydrogen-bond acceptors (Lipinski definition) is 3. The molecular formula is C21H22N2O2. The van der Waals surface area contributed by atoms with Gasteiger partial charge in [0.15, 0.2) is 5.78 Å². The molecule has 2 aliphatic carbocycles. The number of nitrogens with two attached hydrogens (primary N) is 1. The van der Waals surface area contributed by atoms with Crippen LogP contribution in [0, 0.1) is 17.8 Å². The van der Waals surface area contributed by atoms with Gasteiger partial charge in [-0.05, 0) is 43.2 Å². The highest BCUT2D eigenvalue weighted by atomic mass is 16.2. The normalized spacial score (nSPS) is 27.2. The number of nitrogens with one attached hydrogen (secondary N) is 1. The van der Waals surface area contributed by atoms with Gasteiger partial charge in [-0.3, -0.25) is 9.59 Å². The first kappa shape index (κ1) is 16.0. The number of anilines is 1. The minimum absolute atomic E-state index is 0.0102. The lowest BCUT2D eigenvalue weighted by Crippen LogP contribution is -2.42. The Morgan fingerprint density at radius 2 is 1.64 bits per heavy atom. The second-order valence-corrected chi connectivity index (χ2v) is 7.20. The lowest BCUT2D eigenvalue weighted by Gasteiger charge is -2.27. The maximum Gasteiger partial charge on any atom is 0.229 e. The van der Waals surface area contributed by atoms with Gasteiger partial charge in [0.25, 0.3) is 0 Å². The first-order chi connectivity index (χ1) is 12.1. The first-order valence-electron chi connectivity index (χ1n) is 8.90. The summed E-state index contributed by atoms with van der Waals surface area (Å²) >= 11 is 0. The van der Waals surface area contributed by atoms with Gasteiger partial charge in [0.05, 0.1) is 5.92 Å². The quantitative estimate of drug-likeness (QED) is 0.843. The summed E-state index contributed by atoms with van der Waals surface area (Å²) in [6.45, 7) is 0. The lowest BCUT2D eigenvalue weighted by molar-refractivity contribution is -0.121. The number of fused-ring (bicyclic) bond motifs is 2. The highest BCUT2D eigenvalue weighted by molar-refractivity contribution is 6.09. The fourth-order valence-corrected chi connectivity index (χ4v) is 4.44. The largest absolute Gasteiger partial charge is 0.327 e. The third-order valence-electron chi connectivity index (χ3n) is 5.71. The number of amides is 1. The molecule has 2 aromatic rings. The van der Waals surface area contributed by atoms with Crippen LogP contribution >= 0.6 is 0 Å². The Balaban J connectivity index is 1.50. The van der Waals surface area contributed by atoms with Gasteiger partial charge in [-0.15, -0.1) is 0 Å². The molecule has 2 bridgehead atoms. The molecule has 25 heavy (non-hydrogen) atoms. The average molecular weight is 334 g/mol. The van der Waals surface area contributed by atoms with Crippen LogP contribution in [0.4, 0.5) is 5.69 Å². The monoisotopic (exact) mass is 334 g/mol. The third-order valence-corrected chi connectivity index (χ3v) is 5.71. The van der Waals surface area contributed by atoms with Crippen molar-refractivity contribution in [2.24, 2.45) is 23.5 Å². The molecule has 2 saturated carbocycles. The molecule has 2 aromatic carbocycles. The Morgan fingerprint density at radius 1 is 0.920 bits per heavy atom. The molecule has 3 N–H and O–H groups in total. The van der Waals surface area contributed by atoms with Crippen molar-refractivity contribution < 1.29 is 9.59 Å². The van der Waals surface area contributed by atoms with E-state index in [0.29, 0.717) is 28.7 Å². The van der Waals surface area contributed by atoms with E-state index in [2.05, 4.69) is 5.32 Å². The van der Waals surface area contributed by atoms with Crippen molar-refractivity contribution in [1.29, 1.82) is 0 Å². The Morgan fingerprint density at radius 3 is 2.36 bits per heavy atom. The Kier molecular flexibility index (Phi) is 4.14. The van der Waals surface area contributed by atoms with Crippen LogP contribution in [0.2, 0.25) is 0 Å². The maximum atomic E-state index is 12.7. The summed E-state index contributed by atoms with van der Waals surface area (Å²) in [5.74, 6) is 0.741. The van der Waals surface area contributed by atoms with E-state index in [1.807, 2.05) is 24.3 Å². The summed E-state index contributed by atoms with van der Waals surface area (Å²) in [5, 5.41) is 2.97. The zero-order valence-electron chi connectivity index (χ0n) is 14.0. The van der Waals surface area contributed by atoms with Gasteiger partial charge in [-0.1, -0.05) is 42.5 Å². The van der Waals surface area contributed by atoms with Crippen LogP contribution in [0.3, 0.4) is 0 Å². The van der Waals surface area contributed by atoms with Gasteiger partial charge in [-0.25, -0.2) is 0 Å². The molecule has 2 fully saturated rings. The second kappa shape index (κ2) is 6.45.